The van der Waals surface area contributed by atoms with E-state index in [4.69, 9.17) is 10.2 Å². The number of nitrogen functional groups attached to an aromatic ring is 1. The Bertz CT molecular complexity index is 531. The number of nitrogens with zero attached hydrogens (tertiary/aromatic N) is 1. The summed E-state index contributed by atoms with van der Waals surface area (Å²) < 4.78 is 5.18. The highest BCUT2D eigenvalue weighted by atomic mass is 16.3. The van der Waals surface area contributed by atoms with Crippen LogP contribution in [0.15, 0.2) is 22.8 Å². The van der Waals surface area contributed by atoms with Crippen molar-refractivity contribution >= 4 is 11.6 Å². The number of rotatable bonds is 6. The molecule has 2 rings (SSSR count). The molecule has 19 heavy (non-hydrogen) atoms. The number of H-pyrrole nitrogens is 1. The smallest absolute Gasteiger partial charge is 0.273 e. The Morgan fingerprint density at radius 1 is 1.53 bits per heavy atom. The van der Waals surface area contributed by atoms with E-state index in [9.17, 15) is 4.79 Å². The lowest BCUT2D eigenvalue weighted by atomic mass is 10.2. The van der Waals surface area contributed by atoms with E-state index in [1.807, 2.05) is 19.1 Å². The van der Waals surface area contributed by atoms with Gasteiger partial charge in [-0.1, -0.05) is 13.3 Å². The predicted molar refractivity (Wildman–Crippen MR) is 71.7 cm³/mol. The molecule has 6 nitrogen and oxygen atoms in total. The summed E-state index contributed by atoms with van der Waals surface area (Å²) in [5, 5.41) is 9.54. The van der Waals surface area contributed by atoms with Crippen molar-refractivity contribution in [3.63, 3.8) is 0 Å². The van der Waals surface area contributed by atoms with Crippen LogP contribution < -0.4 is 11.1 Å². The van der Waals surface area contributed by atoms with Gasteiger partial charge < -0.3 is 15.5 Å². The Labute approximate surface area is 111 Å². The van der Waals surface area contributed by atoms with Crippen LogP contribution in [0.1, 0.15) is 35.3 Å². The molecule has 0 unspecified atom stereocenters. The fraction of sp³-hybridized carbons (Fsp3) is 0.385. The number of hydrogen-bond acceptors (Lipinski definition) is 4. The molecule has 6 heteroatoms. The van der Waals surface area contributed by atoms with Crippen LogP contribution in [0.4, 0.5) is 5.69 Å². The topological polar surface area (TPSA) is 96.9 Å². The number of furan rings is 1. The van der Waals surface area contributed by atoms with Gasteiger partial charge in [-0.05, 0) is 18.6 Å². The Morgan fingerprint density at radius 3 is 3.05 bits per heavy atom. The Kier molecular flexibility index (Phi) is 4.22. The van der Waals surface area contributed by atoms with Crippen molar-refractivity contribution < 1.29 is 9.21 Å². The van der Waals surface area contributed by atoms with Gasteiger partial charge in [0, 0.05) is 13.0 Å². The number of carbonyl (C=O) groups excluding carboxylic acids is 1. The zero-order valence-electron chi connectivity index (χ0n) is 10.9. The fourth-order valence-corrected chi connectivity index (χ4v) is 1.84. The third-order valence-corrected chi connectivity index (χ3v) is 2.84. The summed E-state index contributed by atoms with van der Waals surface area (Å²) in [6.45, 7) is 2.53. The molecule has 4 N–H and O–H groups in total. The maximum absolute atomic E-state index is 11.9. The number of carbonyl (C=O) groups is 1. The number of nitrogens with two attached hydrogens (primary N) is 1. The van der Waals surface area contributed by atoms with E-state index in [0.717, 1.165) is 24.3 Å². The van der Waals surface area contributed by atoms with Crippen molar-refractivity contribution in [2.75, 3.05) is 12.3 Å². The van der Waals surface area contributed by atoms with Crippen molar-refractivity contribution in [2.45, 2.75) is 26.2 Å². The van der Waals surface area contributed by atoms with Gasteiger partial charge in [0.05, 0.1) is 17.6 Å². The first-order valence-corrected chi connectivity index (χ1v) is 6.35. The lowest BCUT2D eigenvalue weighted by Gasteiger charge is -2.02. The summed E-state index contributed by atoms with van der Waals surface area (Å²) in [5.41, 5.74) is 7.41. The van der Waals surface area contributed by atoms with Crippen LogP contribution in [0.2, 0.25) is 0 Å². The van der Waals surface area contributed by atoms with E-state index in [-0.39, 0.29) is 11.6 Å². The second-order valence-electron chi connectivity index (χ2n) is 4.30. The van der Waals surface area contributed by atoms with Gasteiger partial charge in [-0.15, -0.1) is 0 Å². The first-order chi connectivity index (χ1) is 9.22. The van der Waals surface area contributed by atoms with Crippen LogP contribution in [-0.4, -0.2) is 22.6 Å². The van der Waals surface area contributed by atoms with Crippen molar-refractivity contribution in [3.8, 4) is 0 Å². The number of amides is 1. The van der Waals surface area contributed by atoms with Gasteiger partial charge >= 0.3 is 0 Å². The van der Waals surface area contributed by atoms with Crippen LogP contribution >= 0.6 is 0 Å². The maximum atomic E-state index is 11.9. The molecule has 0 aromatic carbocycles. The highest BCUT2D eigenvalue weighted by Crippen LogP contribution is 2.15. The lowest BCUT2D eigenvalue weighted by Crippen LogP contribution is -2.26. The average Bonchev–Trinajstić information content (AvgIpc) is 3.01. The van der Waals surface area contributed by atoms with Crippen molar-refractivity contribution in [1.82, 2.24) is 15.5 Å². The summed E-state index contributed by atoms with van der Waals surface area (Å²) in [5.74, 6) is 0.574. The molecule has 2 aromatic heterocycles. The van der Waals surface area contributed by atoms with E-state index in [1.165, 1.54) is 0 Å². The molecule has 0 bridgehead atoms. The van der Waals surface area contributed by atoms with Gasteiger partial charge in [-0.3, -0.25) is 9.89 Å². The van der Waals surface area contributed by atoms with E-state index in [2.05, 4.69) is 15.5 Å². The van der Waals surface area contributed by atoms with Gasteiger partial charge in [0.2, 0.25) is 0 Å². The minimum Gasteiger partial charge on any atom is -0.469 e. The monoisotopic (exact) mass is 262 g/mol. The molecule has 0 aliphatic rings. The molecule has 2 heterocycles. The number of aromatic nitrogens is 2. The molecule has 0 saturated carbocycles. The van der Waals surface area contributed by atoms with Crippen LogP contribution in [0.5, 0.6) is 0 Å². The van der Waals surface area contributed by atoms with E-state index < -0.39 is 0 Å². The summed E-state index contributed by atoms with van der Waals surface area (Å²) >= 11 is 0. The first-order valence-electron chi connectivity index (χ1n) is 6.35. The van der Waals surface area contributed by atoms with E-state index in [1.54, 1.807) is 6.26 Å². The molecule has 0 spiro atoms. The standard InChI is InChI=1S/C13H18N4O2/c1-2-4-10-11(14)12(17-16-10)13(18)15-7-6-9-5-3-8-19-9/h3,5,8H,2,4,6-7,14H2,1H3,(H,15,18)(H,16,17). The predicted octanol–water partition coefficient (Wildman–Crippen LogP) is 1.51. The van der Waals surface area contributed by atoms with Gasteiger partial charge in [-0.25, -0.2) is 0 Å². The molecule has 0 atom stereocenters. The minimum atomic E-state index is -0.261. The Hall–Kier alpha value is -2.24. The summed E-state index contributed by atoms with van der Waals surface area (Å²) in [7, 11) is 0. The van der Waals surface area contributed by atoms with Crippen LogP contribution in [0, 0.1) is 0 Å². The summed E-state index contributed by atoms with van der Waals surface area (Å²) in [6, 6.07) is 3.69. The largest absolute Gasteiger partial charge is 0.469 e. The molecule has 0 aliphatic carbocycles. The number of aryl methyl sites for hydroxylation is 1. The second-order valence-corrected chi connectivity index (χ2v) is 4.30. The summed E-state index contributed by atoms with van der Waals surface area (Å²) in [4.78, 5) is 11.9. The number of aromatic amines is 1. The van der Waals surface area contributed by atoms with Gasteiger partial charge in [-0.2, -0.15) is 5.10 Å². The van der Waals surface area contributed by atoms with Crippen molar-refractivity contribution in [3.05, 3.63) is 35.5 Å². The van der Waals surface area contributed by atoms with E-state index in [0.29, 0.717) is 18.7 Å². The van der Waals surface area contributed by atoms with Crippen LogP contribution in [-0.2, 0) is 12.8 Å². The average molecular weight is 262 g/mol. The summed E-state index contributed by atoms with van der Waals surface area (Å²) in [6.07, 6.45) is 4.00. The fourth-order valence-electron chi connectivity index (χ4n) is 1.84. The van der Waals surface area contributed by atoms with Crippen LogP contribution in [0.3, 0.4) is 0 Å². The third-order valence-electron chi connectivity index (χ3n) is 2.84. The molecule has 0 radical (unpaired) electrons. The quantitative estimate of drug-likeness (QED) is 0.735. The molecular weight excluding hydrogens is 244 g/mol. The van der Waals surface area contributed by atoms with Gasteiger partial charge in [0.1, 0.15) is 5.76 Å². The third kappa shape index (κ3) is 3.15. The van der Waals surface area contributed by atoms with Gasteiger partial charge in [0.25, 0.3) is 5.91 Å². The number of nitrogens with one attached hydrogen (secondary N) is 2. The SMILES string of the molecule is CCCc1[nH]nc(C(=O)NCCc2ccco2)c1N. The Morgan fingerprint density at radius 2 is 2.37 bits per heavy atom. The number of anilines is 1. The molecule has 2 aromatic rings. The zero-order chi connectivity index (χ0) is 13.7. The highest BCUT2D eigenvalue weighted by Gasteiger charge is 2.16. The normalized spacial score (nSPS) is 10.6. The number of hydrogen-bond donors (Lipinski definition) is 3. The van der Waals surface area contributed by atoms with Gasteiger partial charge in [0.15, 0.2) is 5.69 Å². The minimum absolute atomic E-state index is 0.261. The molecule has 0 fully saturated rings. The molecule has 102 valence electrons. The van der Waals surface area contributed by atoms with Crippen molar-refractivity contribution in [2.24, 2.45) is 0 Å². The zero-order valence-corrected chi connectivity index (χ0v) is 10.9. The van der Waals surface area contributed by atoms with E-state index >= 15 is 0 Å². The van der Waals surface area contributed by atoms with Crippen molar-refractivity contribution in [1.29, 1.82) is 0 Å². The van der Waals surface area contributed by atoms with Crippen LogP contribution in [0.25, 0.3) is 0 Å². The highest BCUT2D eigenvalue weighted by molar-refractivity contribution is 5.97. The Balaban J connectivity index is 1.89. The molecule has 0 saturated heterocycles. The molecule has 0 aliphatic heterocycles. The maximum Gasteiger partial charge on any atom is 0.273 e. The molecule has 1 amide bonds. The first kappa shape index (κ1) is 13.2. The second kappa shape index (κ2) is 6.08. The molecular formula is C13H18N4O2. The lowest BCUT2D eigenvalue weighted by molar-refractivity contribution is 0.0949.